The lowest BCUT2D eigenvalue weighted by atomic mass is 9.97. The lowest BCUT2D eigenvalue weighted by molar-refractivity contribution is 0.225. The van der Waals surface area contributed by atoms with Crippen LogP contribution < -0.4 is 5.32 Å². The summed E-state index contributed by atoms with van der Waals surface area (Å²) in [5.74, 6) is 2.03. The maximum absolute atomic E-state index is 5.75. The molecule has 4 heterocycles. The Morgan fingerprint density at radius 2 is 2.04 bits per heavy atom. The van der Waals surface area contributed by atoms with E-state index in [1.54, 1.807) is 12.6 Å². The Kier molecular flexibility index (Phi) is 4.38. The van der Waals surface area contributed by atoms with E-state index in [0.717, 1.165) is 42.5 Å². The van der Waals surface area contributed by atoms with Gasteiger partial charge in [-0.05, 0) is 69.3 Å². The first-order chi connectivity index (χ1) is 12.9. The molecule has 5 nitrogen and oxygen atoms in total. The van der Waals surface area contributed by atoms with Crippen LogP contribution in [0.1, 0.15) is 47.9 Å². The van der Waals surface area contributed by atoms with Gasteiger partial charge in [0.2, 0.25) is 0 Å². The summed E-state index contributed by atoms with van der Waals surface area (Å²) in [6.45, 7) is 3.09. The van der Waals surface area contributed by atoms with Gasteiger partial charge in [0.15, 0.2) is 0 Å². The average molecular weight is 369 g/mol. The number of aryl methyl sites for hydroxylation is 2. The molecule has 1 aliphatic carbocycles. The Labute approximate surface area is 157 Å². The number of hydrogen-bond donors (Lipinski definition) is 1. The highest BCUT2D eigenvalue weighted by Crippen LogP contribution is 2.38. The van der Waals surface area contributed by atoms with E-state index in [1.807, 2.05) is 17.4 Å². The fraction of sp³-hybridized carbons (Fsp3) is 0.500. The number of hydrogen-bond acceptors (Lipinski definition) is 6. The number of fused-ring (bicyclic) bond motifs is 3. The maximum atomic E-state index is 5.75. The number of nitrogens with zero attached hydrogens (tertiary/aromatic N) is 3. The molecule has 0 bridgehead atoms. The minimum Gasteiger partial charge on any atom is -0.468 e. The van der Waals surface area contributed by atoms with Crippen LogP contribution in [-0.2, 0) is 12.8 Å². The van der Waals surface area contributed by atoms with E-state index in [-0.39, 0.29) is 6.04 Å². The molecular formula is C20H24N4OS. The molecule has 1 aliphatic heterocycles. The molecule has 26 heavy (non-hydrogen) atoms. The van der Waals surface area contributed by atoms with Crippen LogP contribution in [0, 0.1) is 0 Å². The molecule has 0 radical (unpaired) electrons. The minimum atomic E-state index is 0.256. The summed E-state index contributed by atoms with van der Waals surface area (Å²) in [5.41, 5.74) is 1.48. The summed E-state index contributed by atoms with van der Waals surface area (Å²) in [6, 6.07) is 4.33. The van der Waals surface area contributed by atoms with E-state index in [9.17, 15) is 0 Å². The van der Waals surface area contributed by atoms with Crippen LogP contribution in [0.2, 0.25) is 0 Å². The molecule has 1 N–H and O–H groups in total. The Hall–Kier alpha value is -1.92. The van der Waals surface area contributed by atoms with Crippen molar-refractivity contribution in [1.29, 1.82) is 0 Å². The van der Waals surface area contributed by atoms with E-state index < -0.39 is 0 Å². The van der Waals surface area contributed by atoms with Gasteiger partial charge in [0.05, 0.1) is 17.7 Å². The van der Waals surface area contributed by atoms with Crippen molar-refractivity contribution < 1.29 is 4.42 Å². The van der Waals surface area contributed by atoms with Crippen LogP contribution in [0.4, 0.5) is 5.82 Å². The quantitative estimate of drug-likeness (QED) is 0.723. The van der Waals surface area contributed by atoms with E-state index >= 15 is 0 Å². The fourth-order valence-corrected chi connectivity index (χ4v) is 5.59. The summed E-state index contributed by atoms with van der Waals surface area (Å²) >= 11 is 1.85. The van der Waals surface area contributed by atoms with Gasteiger partial charge >= 0.3 is 0 Å². The second-order valence-electron chi connectivity index (χ2n) is 7.27. The topological polar surface area (TPSA) is 54.2 Å². The molecule has 0 aromatic carbocycles. The third kappa shape index (κ3) is 2.91. The fourth-order valence-electron chi connectivity index (χ4n) is 4.36. The van der Waals surface area contributed by atoms with Gasteiger partial charge < -0.3 is 9.73 Å². The first kappa shape index (κ1) is 16.3. The highest BCUT2D eigenvalue weighted by Gasteiger charge is 2.26. The Morgan fingerprint density at radius 1 is 1.15 bits per heavy atom. The normalized spacial score (nSPS) is 18.9. The Morgan fingerprint density at radius 3 is 2.88 bits per heavy atom. The van der Waals surface area contributed by atoms with Crippen molar-refractivity contribution in [1.82, 2.24) is 14.9 Å². The third-order valence-corrected chi connectivity index (χ3v) is 6.87. The molecule has 5 rings (SSSR count). The molecule has 1 atom stereocenters. The highest BCUT2D eigenvalue weighted by molar-refractivity contribution is 7.19. The molecule has 3 aromatic heterocycles. The van der Waals surface area contributed by atoms with Crippen molar-refractivity contribution >= 4 is 27.4 Å². The van der Waals surface area contributed by atoms with Gasteiger partial charge in [0, 0.05) is 11.4 Å². The first-order valence-corrected chi connectivity index (χ1v) is 10.5. The van der Waals surface area contributed by atoms with Gasteiger partial charge in [-0.15, -0.1) is 11.3 Å². The van der Waals surface area contributed by atoms with Crippen molar-refractivity contribution in [3.05, 3.63) is 40.9 Å². The zero-order valence-electron chi connectivity index (χ0n) is 14.9. The lowest BCUT2D eigenvalue weighted by Crippen LogP contribution is -2.31. The molecule has 3 aromatic rings. The van der Waals surface area contributed by atoms with Crippen molar-refractivity contribution in [3.8, 4) is 0 Å². The summed E-state index contributed by atoms with van der Waals surface area (Å²) in [7, 11) is 0. The molecular weight excluding hydrogens is 344 g/mol. The second-order valence-corrected chi connectivity index (χ2v) is 8.35. The van der Waals surface area contributed by atoms with Gasteiger partial charge in [-0.1, -0.05) is 0 Å². The average Bonchev–Trinajstić information content (AvgIpc) is 3.42. The smallest absolute Gasteiger partial charge is 0.138 e. The number of likely N-dealkylation sites (tertiary alicyclic amines) is 1. The van der Waals surface area contributed by atoms with Crippen LogP contribution in [0.15, 0.2) is 29.1 Å². The molecule has 2 aliphatic rings. The zero-order chi connectivity index (χ0) is 17.3. The predicted molar refractivity (Wildman–Crippen MR) is 105 cm³/mol. The first-order valence-electron chi connectivity index (χ1n) is 9.67. The minimum absolute atomic E-state index is 0.256. The standard InChI is InChI=1S/C20H24N4OS/c1-2-8-17-14(6-1)18-19(22-13-23-20(18)26-17)21-12-15(16-7-5-11-25-16)24-9-3-4-10-24/h5,7,11,13,15H,1-4,6,8-10,12H2,(H,21,22,23). The molecule has 136 valence electrons. The molecule has 1 unspecified atom stereocenters. The number of furan rings is 1. The molecule has 1 fully saturated rings. The predicted octanol–water partition coefficient (Wildman–Crippen LogP) is 4.41. The molecule has 0 amide bonds. The van der Waals surface area contributed by atoms with E-state index in [4.69, 9.17) is 4.42 Å². The summed E-state index contributed by atoms with van der Waals surface area (Å²) in [6.07, 6.45) is 10.9. The molecule has 0 saturated carbocycles. The van der Waals surface area contributed by atoms with Crippen LogP contribution in [0.25, 0.3) is 10.2 Å². The molecule has 0 spiro atoms. The monoisotopic (exact) mass is 368 g/mol. The highest BCUT2D eigenvalue weighted by atomic mass is 32.1. The number of anilines is 1. The Balaban J connectivity index is 1.44. The zero-order valence-corrected chi connectivity index (χ0v) is 15.7. The maximum Gasteiger partial charge on any atom is 0.138 e. The van der Waals surface area contributed by atoms with Crippen LogP contribution in [0.3, 0.4) is 0 Å². The van der Waals surface area contributed by atoms with Crippen molar-refractivity contribution in [2.45, 2.75) is 44.6 Å². The van der Waals surface area contributed by atoms with Gasteiger partial charge in [0.25, 0.3) is 0 Å². The SMILES string of the molecule is c1coc(C(CNc2ncnc3sc4c(c23)CCCC4)N2CCCC2)c1. The van der Waals surface area contributed by atoms with Crippen molar-refractivity contribution in [2.75, 3.05) is 25.0 Å². The van der Waals surface area contributed by atoms with Gasteiger partial charge in [-0.25, -0.2) is 9.97 Å². The third-order valence-electron chi connectivity index (χ3n) is 5.67. The largest absolute Gasteiger partial charge is 0.468 e. The van der Waals surface area contributed by atoms with Gasteiger partial charge in [0.1, 0.15) is 22.7 Å². The van der Waals surface area contributed by atoms with Crippen molar-refractivity contribution in [3.63, 3.8) is 0 Å². The van der Waals surface area contributed by atoms with E-state index in [2.05, 4.69) is 26.3 Å². The van der Waals surface area contributed by atoms with Crippen LogP contribution >= 0.6 is 11.3 Å². The molecule has 6 heteroatoms. The van der Waals surface area contributed by atoms with Crippen LogP contribution in [0.5, 0.6) is 0 Å². The second kappa shape index (κ2) is 7.00. The number of aromatic nitrogens is 2. The molecule has 1 saturated heterocycles. The van der Waals surface area contributed by atoms with Gasteiger partial charge in [-0.2, -0.15) is 0 Å². The number of nitrogens with one attached hydrogen (secondary N) is 1. The van der Waals surface area contributed by atoms with E-state index in [0.29, 0.717) is 0 Å². The van der Waals surface area contributed by atoms with Gasteiger partial charge in [-0.3, -0.25) is 4.90 Å². The number of thiophene rings is 1. The number of rotatable bonds is 5. The summed E-state index contributed by atoms with van der Waals surface area (Å²) < 4.78 is 5.75. The van der Waals surface area contributed by atoms with Crippen molar-refractivity contribution in [2.24, 2.45) is 0 Å². The Bertz CT molecular complexity index is 883. The summed E-state index contributed by atoms with van der Waals surface area (Å²) in [4.78, 5) is 14.3. The lowest BCUT2D eigenvalue weighted by Gasteiger charge is -2.26. The summed E-state index contributed by atoms with van der Waals surface area (Å²) in [5, 5.41) is 4.90. The van der Waals surface area contributed by atoms with Crippen LogP contribution in [-0.4, -0.2) is 34.5 Å². The van der Waals surface area contributed by atoms with E-state index in [1.165, 1.54) is 47.9 Å².